The predicted octanol–water partition coefficient (Wildman–Crippen LogP) is 2.10. The summed E-state index contributed by atoms with van der Waals surface area (Å²) in [5.41, 5.74) is 0.302. The van der Waals surface area contributed by atoms with E-state index >= 15 is 0 Å². The van der Waals surface area contributed by atoms with Crippen LogP contribution < -0.4 is 0 Å². The summed E-state index contributed by atoms with van der Waals surface area (Å²) < 4.78 is 55.1. The van der Waals surface area contributed by atoms with Crippen molar-refractivity contribution in [1.82, 2.24) is 29.4 Å². The molecule has 8 nitrogen and oxygen atoms in total. The van der Waals surface area contributed by atoms with Crippen molar-refractivity contribution < 1.29 is 17.2 Å². The maximum atomic E-state index is 13.5. The fourth-order valence-corrected chi connectivity index (χ4v) is 4.95. The number of tetrazole rings is 1. The standard InChI is InChI=1S/C18H17ClF2N6O2S/c19-13-2-1-3-15(10-13)30(28,29)26-8-6-25(7-9-26)12-18-22-23-24-27(18)14-4-5-16(20)17(21)11-14/h1-5,10-11H,6-9,12H2. The van der Waals surface area contributed by atoms with Gasteiger partial charge in [0.15, 0.2) is 17.5 Å². The quantitative estimate of drug-likeness (QED) is 0.587. The predicted molar refractivity (Wildman–Crippen MR) is 105 cm³/mol. The lowest BCUT2D eigenvalue weighted by Crippen LogP contribution is -2.48. The molecule has 0 bridgehead atoms. The number of hydrogen-bond acceptors (Lipinski definition) is 6. The van der Waals surface area contributed by atoms with Crippen molar-refractivity contribution in [3.8, 4) is 5.69 Å². The Morgan fingerprint density at radius 1 is 1.00 bits per heavy atom. The molecule has 12 heteroatoms. The van der Waals surface area contributed by atoms with Crippen LogP contribution in [0.1, 0.15) is 5.82 Å². The van der Waals surface area contributed by atoms with Gasteiger partial charge in [-0.15, -0.1) is 5.10 Å². The molecule has 1 aliphatic rings. The lowest BCUT2D eigenvalue weighted by molar-refractivity contribution is 0.177. The van der Waals surface area contributed by atoms with Crippen LogP contribution in [0.3, 0.4) is 0 Å². The molecule has 1 saturated heterocycles. The maximum Gasteiger partial charge on any atom is 0.243 e. The highest BCUT2D eigenvalue weighted by atomic mass is 35.5. The van der Waals surface area contributed by atoms with Gasteiger partial charge in [0.1, 0.15) is 0 Å². The Labute approximate surface area is 176 Å². The molecule has 0 unspecified atom stereocenters. The second kappa shape index (κ2) is 8.34. The van der Waals surface area contributed by atoms with Gasteiger partial charge in [-0.25, -0.2) is 17.2 Å². The Bertz CT molecular complexity index is 1160. The molecule has 0 N–H and O–H groups in total. The van der Waals surface area contributed by atoms with E-state index in [9.17, 15) is 17.2 Å². The van der Waals surface area contributed by atoms with Crippen LogP contribution in [0.25, 0.3) is 5.69 Å². The molecular formula is C18H17ClF2N6O2S. The molecule has 2 heterocycles. The first kappa shape index (κ1) is 20.8. The third kappa shape index (κ3) is 4.19. The van der Waals surface area contributed by atoms with Gasteiger partial charge in [-0.2, -0.15) is 8.99 Å². The third-order valence-corrected chi connectivity index (χ3v) is 6.94. The van der Waals surface area contributed by atoms with Crippen LogP contribution in [0.4, 0.5) is 8.78 Å². The molecule has 30 heavy (non-hydrogen) atoms. The van der Waals surface area contributed by atoms with E-state index in [4.69, 9.17) is 11.6 Å². The van der Waals surface area contributed by atoms with Gasteiger partial charge in [0, 0.05) is 37.3 Å². The molecule has 0 saturated carbocycles. The van der Waals surface area contributed by atoms with Crippen molar-refractivity contribution in [2.24, 2.45) is 0 Å². The monoisotopic (exact) mass is 454 g/mol. The summed E-state index contributed by atoms with van der Waals surface area (Å²) in [5.74, 6) is -1.51. The number of sulfonamides is 1. The van der Waals surface area contributed by atoms with Crippen molar-refractivity contribution in [2.45, 2.75) is 11.4 Å². The van der Waals surface area contributed by atoms with Crippen LogP contribution in [-0.4, -0.2) is 64.0 Å². The van der Waals surface area contributed by atoms with Gasteiger partial charge >= 0.3 is 0 Å². The largest absolute Gasteiger partial charge is 0.293 e. The zero-order valence-electron chi connectivity index (χ0n) is 15.6. The first-order chi connectivity index (χ1) is 14.3. The van der Waals surface area contributed by atoms with Crippen molar-refractivity contribution in [3.63, 3.8) is 0 Å². The fraction of sp³-hybridized carbons (Fsp3) is 0.278. The van der Waals surface area contributed by atoms with Crippen LogP contribution in [0.2, 0.25) is 5.02 Å². The summed E-state index contributed by atoms with van der Waals surface area (Å²) in [6, 6.07) is 9.58. The number of nitrogens with zero attached hydrogens (tertiary/aromatic N) is 6. The molecule has 0 spiro atoms. The Morgan fingerprint density at radius 3 is 2.47 bits per heavy atom. The molecule has 0 radical (unpaired) electrons. The van der Waals surface area contributed by atoms with E-state index in [1.165, 1.54) is 27.2 Å². The molecule has 3 aromatic rings. The van der Waals surface area contributed by atoms with Crippen LogP contribution in [0.15, 0.2) is 47.4 Å². The van der Waals surface area contributed by atoms with Crippen molar-refractivity contribution in [1.29, 1.82) is 0 Å². The average molecular weight is 455 g/mol. The molecule has 1 aromatic heterocycles. The highest BCUT2D eigenvalue weighted by Gasteiger charge is 2.29. The SMILES string of the molecule is O=S(=O)(c1cccc(Cl)c1)N1CCN(Cc2nnnn2-c2ccc(F)c(F)c2)CC1. The fourth-order valence-electron chi connectivity index (χ4n) is 3.23. The summed E-state index contributed by atoms with van der Waals surface area (Å²) in [7, 11) is -3.63. The van der Waals surface area contributed by atoms with Crippen LogP contribution in [0, 0.1) is 11.6 Å². The summed E-state index contributed by atoms with van der Waals surface area (Å²) in [5, 5.41) is 11.8. The van der Waals surface area contributed by atoms with E-state index in [-0.39, 0.29) is 4.90 Å². The number of rotatable bonds is 5. The second-order valence-electron chi connectivity index (χ2n) is 6.74. The summed E-state index contributed by atoms with van der Waals surface area (Å²) in [4.78, 5) is 2.15. The Morgan fingerprint density at radius 2 is 1.77 bits per heavy atom. The molecule has 1 aliphatic heterocycles. The van der Waals surface area contributed by atoms with Crippen LogP contribution in [-0.2, 0) is 16.6 Å². The van der Waals surface area contributed by atoms with Gasteiger partial charge in [0.2, 0.25) is 10.0 Å². The lowest BCUT2D eigenvalue weighted by atomic mass is 10.3. The van der Waals surface area contributed by atoms with E-state index in [2.05, 4.69) is 15.5 Å². The van der Waals surface area contributed by atoms with Crippen molar-refractivity contribution in [3.05, 3.63) is 64.9 Å². The smallest absolute Gasteiger partial charge is 0.243 e. The molecule has 158 valence electrons. The van der Waals surface area contributed by atoms with Gasteiger partial charge in [0.05, 0.1) is 17.1 Å². The highest BCUT2D eigenvalue weighted by molar-refractivity contribution is 7.89. The zero-order chi connectivity index (χ0) is 21.3. The van der Waals surface area contributed by atoms with E-state index in [1.807, 2.05) is 4.90 Å². The van der Waals surface area contributed by atoms with Gasteiger partial charge in [-0.05, 0) is 40.8 Å². The first-order valence-electron chi connectivity index (χ1n) is 9.05. The molecule has 0 amide bonds. The first-order valence-corrected chi connectivity index (χ1v) is 10.9. The highest BCUT2D eigenvalue weighted by Crippen LogP contribution is 2.21. The lowest BCUT2D eigenvalue weighted by Gasteiger charge is -2.33. The van der Waals surface area contributed by atoms with Gasteiger partial charge in [0.25, 0.3) is 0 Å². The van der Waals surface area contributed by atoms with E-state index in [0.717, 1.165) is 12.1 Å². The minimum atomic E-state index is -3.63. The minimum Gasteiger partial charge on any atom is -0.293 e. The zero-order valence-corrected chi connectivity index (χ0v) is 17.2. The topological polar surface area (TPSA) is 84.2 Å². The molecule has 4 rings (SSSR count). The van der Waals surface area contributed by atoms with E-state index in [1.54, 1.807) is 12.1 Å². The summed E-state index contributed by atoms with van der Waals surface area (Å²) >= 11 is 5.92. The number of benzene rings is 2. The van der Waals surface area contributed by atoms with Crippen molar-refractivity contribution in [2.75, 3.05) is 26.2 Å². The summed E-state index contributed by atoms with van der Waals surface area (Å²) in [6.45, 7) is 1.84. The number of hydrogen-bond donors (Lipinski definition) is 0. The van der Waals surface area contributed by atoms with Gasteiger partial charge < -0.3 is 0 Å². The van der Waals surface area contributed by atoms with Crippen LogP contribution >= 0.6 is 11.6 Å². The van der Waals surface area contributed by atoms with Gasteiger partial charge in [-0.3, -0.25) is 4.90 Å². The minimum absolute atomic E-state index is 0.158. The van der Waals surface area contributed by atoms with Crippen LogP contribution in [0.5, 0.6) is 0 Å². The van der Waals surface area contributed by atoms with E-state index < -0.39 is 21.7 Å². The van der Waals surface area contributed by atoms with Gasteiger partial charge in [-0.1, -0.05) is 17.7 Å². The number of piperazine rings is 1. The molecule has 1 fully saturated rings. The third-order valence-electron chi connectivity index (χ3n) is 4.81. The average Bonchev–Trinajstić information content (AvgIpc) is 3.18. The second-order valence-corrected chi connectivity index (χ2v) is 9.12. The molecular weight excluding hydrogens is 438 g/mol. The molecule has 0 aliphatic carbocycles. The Balaban J connectivity index is 1.44. The molecule has 2 aromatic carbocycles. The van der Waals surface area contributed by atoms with E-state index in [0.29, 0.717) is 49.3 Å². The van der Waals surface area contributed by atoms with Crippen molar-refractivity contribution >= 4 is 21.6 Å². The maximum absolute atomic E-state index is 13.5. The Hall–Kier alpha value is -2.47. The number of aromatic nitrogens is 4. The molecule has 0 atom stereocenters. The normalized spacial score (nSPS) is 16.1. The Kier molecular flexibility index (Phi) is 5.78. The summed E-state index contributed by atoms with van der Waals surface area (Å²) in [6.07, 6.45) is 0. The number of halogens is 3.